The van der Waals surface area contributed by atoms with E-state index in [0.717, 1.165) is 16.9 Å². The Morgan fingerprint density at radius 1 is 1.33 bits per heavy atom. The highest BCUT2D eigenvalue weighted by Gasteiger charge is 2.35. The maximum atomic E-state index is 13.3. The number of sulfone groups is 1. The molecule has 0 radical (unpaired) electrons. The Hall–Kier alpha value is -1.86. The molecule has 1 aromatic heterocycles. The second-order valence-electron chi connectivity index (χ2n) is 6.89. The minimum absolute atomic E-state index is 0.0369. The van der Waals surface area contributed by atoms with E-state index in [0.29, 0.717) is 30.9 Å². The molecule has 0 saturated carbocycles. The molecule has 7 heteroatoms. The van der Waals surface area contributed by atoms with Crippen molar-refractivity contribution in [2.24, 2.45) is 0 Å². The lowest BCUT2D eigenvalue weighted by Gasteiger charge is -2.28. The van der Waals surface area contributed by atoms with Gasteiger partial charge in [0.2, 0.25) is 0 Å². The molecule has 0 aliphatic carbocycles. The van der Waals surface area contributed by atoms with Crippen LogP contribution in [-0.4, -0.2) is 43.4 Å². The van der Waals surface area contributed by atoms with E-state index in [9.17, 15) is 13.2 Å². The fraction of sp³-hybridized carbons (Fsp3) is 0.450. The van der Waals surface area contributed by atoms with Gasteiger partial charge in [-0.1, -0.05) is 13.0 Å². The number of hydrogen-bond donors (Lipinski definition) is 0. The summed E-state index contributed by atoms with van der Waals surface area (Å²) in [6, 6.07) is 8.88. The first kappa shape index (κ1) is 19.9. The van der Waals surface area contributed by atoms with Gasteiger partial charge < -0.3 is 9.64 Å². The number of hydrogen-bond acceptors (Lipinski definition) is 5. The van der Waals surface area contributed by atoms with E-state index < -0.39 is 9.84 Å². The van der Waals surface area contributed by atoms with Crippen LogP contribution in [0.1, 0.15) is 40.6 Å². The minimum atomic E-state index is -3.08. The Morgan fingerprint density at radius 3 is 2.78 bits per heavy atom. The highest BCUT2D eigenvalue weighted by Crippen LogP contribution is 2.26. The van der Waals surface area contributed by atoms with Crippen molar-refractivity contribution in [2.75, 3.05) is 18.1 Å². The molecule has 1 aliphatic heterocycles. The van der Waals surface area contributed by atoms with Crippen LogP contribution in [0.2, 0.25) is 0 Å². The third-order valence-corrected chi connectivity index (χ3v) is 7.50. The molecule has 0 unspecified atom stereocenters. The number of ether oxygens (including phenoxy) is 1. The quantitative estimate of drug-likeness (QED) is 0.702. The van der Waals surface area contributed by atoms with Crippen LogP contribution < -0.4 is 4.74 Å². The van der Waals surface area contributed by atoms with Gasteiger partial charge in [0.05, 0.1) is 24.7 Å². The molecule has 27 heavy (non-hydrogen) atoms. The molecule has 0 spiro atoms. The average Bonchev–Trinajstić information content (AvgIpc) is 3.22. The topological polar surface area (TPSA) is 63.7 Å². The Morgan fingerprint density at radius 2 is 2.15 bits per heavy atom. The van der Waals surface area contributed by atoms with Gasteiger partial charge in [-0.25, -0.2) is 8.42 Å². The smallest absolute Gasteiger partial charge is 0.254 e. The van der Waals surface area contributed by atoms with Crippen LogP contribution in [0.3, 0.4) is 0 Å². The van der Waals surface area contributed by atoms with Gasteiger partial charge >= 0.3 is 0 Å². The summed E-state index contributed by atoms with van der Waals surface area (Å²) in [4.78, 5) is 16.1. The van der Waals surface area contributed by atoms with E-state index >= 15 is 0 Å². The first-order chi connectivity index (χ1) is 12.9. The Kier molecular flexibility index (Phi) is 6.22. The number of nitrogens with zero attached hydrogens (tertiary/aromatic N) is 1. The van der Waals surface area contributed by atoms with E-state index in [4.69, 9.17) is 4.74 Å². The van der Waals surface area contributed by atoms with Gasteiger partial charge in [0, 0.05) is 16.5 Å². The van der Waals surface area contributed by atoms with E-state index in [1.807, 2.05) is 31.4 Å². The first-order valence-corrected chi connectivity index (χ1v) is 11.9. The van der Waals surface area contributed by atoms with Crippen molar-refractivity contribution in [2.45, 2.75) is 39.3 Å². The highest BCUT2D eigenvalue weighted by atomic mass is 32.2. The summed E-state index contributed by atoms with van der Waals surface area (Å²) in [7, 11) is -3.08. The summed E-state index contributed by atoms with van der Waals surface area (Å²) in [5.74, 6) is 0.695. The number of carbonyl (C=O) groups excluding carboxylic acids is 1. The normalized spacial score (nSPS) is 18.4. The van der Waals surface area contributed by atoms with Crippen LogP contribution >= 0.6 is 11.3 Å². The zero-order valence-corrected chi connectivity index (χ0v) is 17.3. The number of rotatable bonds is 7. The van der Waals surface area contributed by atoms with Crippen LogP contribution in [0, 0.1) is 6.92 Å². The summed E-state index contributed by atoms with van der Waals surface area (Å²) < 4.78 is 29.6. The number of thiophene rings is 1. The van der Waals surface area contributed by atoms with Gasteiger partial charge in [0.15, 0.2) is 9.84 Å². The van der Waals surface area contributed by atoms with Gasteiger partial charge in [0.25, 0.3) is 5.91 Å². The van der Waals surface area contributed by atoms with Crippen LogP contribution in [-0.2, 0) is 16.4 Å². The van der Waals surface area contributed by atoms with Crippen LogP contribution in [0.5, 0.6) is 5.75 Å². The van der Waals surface area contributed by atoms with Crippen molar-refractivity contribution in [3.05, 3.63) is 51.7 Å². The number of amides is 1. The van der Waals surface area contributed by atoms with Crippen molar-refractivity contribution in [3.63, 3.8) is 0 Å². The summed E-state index contributed by atoms with van der Waals surface area (Å²) in [5, 5.41) is 2.00. The van der Waals surface area contributed by atoms with Crippen LogP contribution in [0.4, 0.5) is 0 Å². The molecule has 146 valence electrons. The SMILES string of the molecule is CCCOc1cccc(C(=O)N(Cc2sccc2C)[C@@H]2CCS(=O)(=O)C2)c1. The molecule has 1 saturated heterocycles. The van der Waals surface area contributed by atoms with Gasteiger partial charge in [-0.3, -0.25) is 4.79 Å². The molecule has 5 nitrogen and oxygen atoms in total. The lowest BCUT2D eigenvalue weighted by molar-refractivity contribution is 0.0682. The fourth-order valence-electron chi connectivity index (χ4n) is 3.21. The Bertz CT molecular complexity index is 904. The number of benzene rings is 1. The summed E-state index contributed by atoms with van der Waals surface area (Å²) in [5.41, 5.74) is 1.65. The molecular formula is C20H25NO4S2. The summed E-state index contributed by atoms with van der Waals surface area (Å²) in [6.07, 6.45) is 1.38. The van der Waals surface area contributed by atoms with E-state index in [1.54, 1.807) is 34.4 Å². The van der Waals surface area contributed by atoms with E-state index in [-0.39, 0.29) is 23.5 Å². The Labute approximate surface area is 164 Å². The fourth-order valence-corrected chi connectivity index (χ4v) is 5.85. The number of aryl methyl sites for hydroxylation is 1. The van der Waals surface area contributed by atoms with Crippen LogP contribution in [0.25, 0.3) is 0 Å². The third kappa shape index (κ3) is 4.90. The molecule has 2 aromatic rings. The maximum absolute atomic E-state index is 13.3. The van der Waals surface area contributed by atoms with Crippen LogP contribution in [0.15, 0.2) is 35.7 Å². The van der Waals surface area contributed by atoms with Gasteiger partial charge in [0.1, 0.15) is 5.75 Å². The van der Waals surface area contributed by atoms with Gasteiger partial charge in [-0.05, 0) is 55.0 Å². The summed E-state index contributed by atoms with van der Waals surface area (Å²) >= 11 is 1.60. The summed E-state index contributed by atoms with van der Waals surface area (Å²) in [6.45, 7) is 5.07. The van der Waals surface area contributed by atoms with Gasteiger partial charge in [-0.2, -0.15) is 0 Å². The lowest BCUT2D eigenvalue weighted by atomic mass is 10.1. The van der Waals surface area contributed by atoms with Crippen molar-refractivity contribution >= 4 is 27.1 Å². The molecule has 1 amide bonds. The zero-order valence-electron chi connectivity index (χ0n) is 15.7. The zero-order chi connectivity index (χ0) is 19.4. The standard InChI is InChI=1S/C20H25NO4S2/c1-3-9-25-18-6-4-5-16(12-18)20(22)21(13-19-15(2)7-10-26-19)17-8-11-27(23,24)14-17/h4-7,10,12,17H,3,8-9,11,13-14H2,1-2H3/t17-/m1/s1. The molecule has 2 heterocycles. The number of carbonyl (C=O) groups is 1. The molecule has 1 fully saturated rings. The van der Waals surface area contributed by atoms with Crippen molar-refractivity contribution in [1.29, 1.82) is 0 Å². The first-order valence-electron chi connectivity index (χ1n) is 9.17. The van der Waals surface area contributed by atoms with Crippen molar-refractivity contribution in [1.82, 2.24) is 4.90 Å². The van der Waals surface area contributed by atoms with Crippen molar-refractivity contribution in [3.8, 4) is 5.75 Å². The van der Waals surface area contributed by atoms with E-state index in [1.165, 1.54) is 0 Å². The predicted octanol–water partition coefficient (Wildman–Crippen LogP) is 3.67. The second kappa shape index (κ2) is 8.44. The average molecular weight is 408 g/mol. The molecule has 0 bridgehead atoms. The molecule has 0 N–H and O–H groups in total. The lowest BCUT2D eigenvalue weighted by Crippen LogP contribution is -2.40. The second-order valence-corrected chi connectivity index (χ2v) is 10.1. The largest absolute Gasteiger partial charge is 0.494 e. The monoisotopic (exact) mass is 407 g/mol. The molecule has 1 aliphatic rings. The minimum Gasteiger partial charge on any atom is -0.494 e. The molecule has 3 rings (SSSR count). The Balaban J connectivity index is 1.87. The maximum Gasteiger partial charge on any atom is 0.254 e. The van der Waals surface area contributed by atoms with Crippen molar-refractivity contribution < 1.29 is 17.9 Å². The van der Waals surface area contributed by atoms with Gasteiger partial charge in [-0.15, -0.1) is 11.3 Å². The highest BCUT2D eigenvalue weighted by molar-refractivity contribution is 7.91. The molecule has 1 aromatic carbocycles. The predicted molar refractivity (Wildman–Crippen MR) is 108 cm³/mol. The third-order valence-electron chi connectivity index (χ3n) is 4.75. The molecule has 1 atom stereocenters. The molecular weight excluding hydrogens is 382 g/mol. The van der Waals surface area contributed by atoms with E-state index in [2.05, 4.69) is 0 Å².